The number of fused-ring (bicyclic) bond motifs is 1. The summed E-state index contributed by atoms with van der Waals surface area (Å²) in [7, 11) is 0. The molecule has 0 bridgehead atoms. The number of pyridine rings is 1. The summed E-state index contributed by atoms with van der Waals surface area (Å²) < 4.78 is 6.20. The maximum Gasteiger partial charge on any atom is 0.439 e. The van der Waals surface area contributed by atoms with Crippen LogP contribution in [0.4, 0.5) is 11.5 Å². The number of nitriles is 1. The second-order valence-corrected chi connectivity index (χ2v) is 9.49. The lowest BCUT2D eigenvalue weighted by atomic mass is 9.94. The highest BCUT2D eigenvalue weighted by molar-refractivity contribution is 7.21. The Hall–Kier alpha value is -4.75. The van der Waals surface area contributed by atoms with E-state index in [2.05, 4.69) is 30.2 Å². The second-order valence-electron chi connectivity index (χ2n) is 8.49. The molecule has 0 aliphatic rings. The van der Waals surface area contributed by atoms with Crippen LogP contribution in [0.15, 0.2) is 63.9 Å². The number of hydrogen-bond donors (Lipinski definition) is 3. The summed E-state index contributed by atoms with van der Waals surface area (Å²) in [5, 5.41) is 12.8. The number of anilines is 2. The van der Waals surface area contributed by atoms with Crippen molar-refractivity contribution in [1.82, 2.24) is 10.3 Å². The molecular formula is C26H21N6O3S+. The van der Waals surface area contributed by atoms with Crippen molar-refractivity contribution in [2.75, 3.05) is 11.5 Å². The quantitative estimate of drug-likeness (QED) is 0.245. The fraction of sp³-hybridized carbons (Fsp3) is 0.115. The molecule has 0 saturated carbocycles. The van der Waals surface area contributed by atoms with Crippen LogP contribution < -0.4 is 21.8 Å². The number of aromatic nitrogens is 3. The molecule has 5 aromatic rings. The lowest BCUT2D eigenvalue weighted by Gasteiger charge is -2.11. The van der Waals surface area contributed by atoms with E-state index in [4.69, 9.17) is 16.0 Å². The van der Waals surface area contributed by atoms with E-state index < -0.39 is 11.4 Å². The number of carbonyl (C=O) groups is 1. The molecule has 178 valence electrons. The standard InChI is InChI=1S/C26H20N6O3S/c1-13(2)14-8-10-15(11-9-14)18-17(12-27)24(29)30-25-19(18)20(28)23(36-25)22(33)21-26(34)35-31-32(21)16-6-4-3-5-7-16/h3-11,13H,1-2H3,(H4-,28,29,30,31,33,34)/p+1. The van der Waals surface area contributed by atoms with Crippen molar-refractivity contribution < 1.29 is 14.0 Å². The van der Waals surface area contributed by atoms with Gasteiger partial charge in [-0.3, -0.25) is 9.32 Å². The summed E-state index contributed by atoms with van der Waals surface area (Å²) in [6, 6.07) is 18.7. The van der Waals surface area contributed by atoms with E-state index in [1.807, 2.05) is 30.3 Å². The Labute approximate surface area is 209 Å². The molecule has 0 aliphatic carbocycles. The van der Waals surface area contributed by atoms with Crippen LogP contribution in [0.25, 0.3) is 27.0 Å². The number of ketones is 1. The highest BCUT2D eigenvalue weighted by Gasteiger charge is 2.35. The Morgan fingerprint density at radius 2 is 1.83 bits per heavy atom. The van der Waals surface area contributed by atoms with E-state index in [-0.39, 0.29) is 27.6 Å². The molecule has 0 unspecified atom stereocenters. The number of H-pyrrole nitrogens is 1. The van der Waals surface area contributed by atoms with Crippen LogP contribution in [-0.2, 0) is 0 Å². The fourth-order valence-electron chi connectivity index (χ4n) is 4.11. The van der Waals surface area contributed by atoms with Crippen molar-refractivity contribution in [1.29, 1.82) is 5.26 Å². The number of nitrogen functional groups attached to an aromatic ring is 2. The molecule has 0 atom stereocenters. The van der Waals surface area contributed by atoms with Crippen molar-refractivity contribution >= 4 is 38.8 Å². The van der Waals surface area contributed by atoms with Gasteiger partial charge in [-0.2, -0.15) is 5.26 Å². The van der Waals surface area contributed by atoms with E-state index in [9.17, 15) is 14.9 Å². The molecule has 0 aliphatic heterocycles. The predicted molar refractivity (Wildman–Crippen MR) is 137 cm³/mol. The first-order valence-electron chi connectivity index (χ1n) is 11.1. The first kappa shape index (κ1) is 23.0. The molecule has 0 saturated heterocycles. The Morgan fingerprint density at radius 3 is 2.47 bits per heavy atom. The number of benzene rings is 2. The summed E-state index contributed by atoms with van der Waals surface area (Å²) in [4.78, 5) is 31.0. The lowest BCUT2D eigenvalue weighted by Crippen LogP contribution is -2.41. The number of nitrogens with one attached hydrogen (secondary N) is 1. The number of aromatic amines is 1. The van der Waals surface area contributed by atoms with Crippen molar-refractivity contribution in [2.45, 2.75) is 19.8 Å². The number of para-hydroxylation sites is 1. The highest BCUT2D eigenvalue weighted by Crippen LogP contribution is 2.43. The van der Waals surface area contributed by atoms with Gasteiger partial charge in [0.1, 0.15) is 27.2 Å². The largest absolute Gasteiger partial charge is 0.439 e. The van der Waals surface area contributed by atoms with E-state index in [1.54, 1.807) is 24.3 Å². The van der Waals surface area contributed by atoms with Gasteiger partial charge < -0.3 is 11.5 Å². The zero-order chi connectivity index (χ0) is 25.6. The average Bonchev–Trinajstić information content (AvgIpc) is 3.43. The Balaban J connectivity index is 1.73. The molecule has 3 aromatic heterocycles. The molecule has 9 nitrogen and oxygen atoms in total. The number of nitrogens with zero attached hydrogens (tertiary/aromatic N) is 3. The maximum atomic E-state index is 13.6. The van der Waals surface area contributed by atoms with Crippen molar-refractivity contribution in [3.8, 4) is 22.9 Å². The molecule has 0 radical (unpaired) electrons. The normalized spacial score (nSPS) is 11.2. The summed E-state index contributed by atoms with van der Waals surface area (Å²) in [5.74, 6) is -0.266. The molecule has 5 rings (SSSR count). The zero-order valence-electron chi connectivity index (χ0n) is 19.4. The van der Waals surface area contributed by atoms with Crippen LogP contribution in [0.1, 0.15) is 46.3 Å². The topological polar surface area (TPSA) is 156 Å². The smallest absolute Gasteiger partial charge is 0.397 e. The van der Waals surface area contributed by atoms with Crippen molar-refractivity contribution in [2.24, 2.45) is 0 Å². The minimum absolute atomic E-state index is 0.0358. The summed E-state index contributed by atoms with van der Waals surface area (Å²) in [6.07, 6.45) is 0. The van der Waals surface area contributed by atoms with Gasteiger partial charge in [0.25, 0.3) is 5.78 Å². The van der Waals surface area contributed by atoms with Crippen LogP contribution in [-0.4, -0.2) is 16.0 Å². The van der Waals surface area contributed by atoms with E-state index in [1.165, 1.54) is 4.68 Å². The van der Waals surface area contributed by atoms with Gasteiger partial charge in [-0.25, -0.2) is 9.78 Å². The third kappa shape index (κ3) is 3.62. The van der Waals surface area contributed by atoms with Crippen molar-refractivity contribution in [3.05, 3.63) is 86.7 Å². The number of carbonyl (C=O) groups excluding carboxylic acids is 1. The molecule has 36 heavy (non-hydrogen) atoms. The van der Waals surface area contributed by atoms with Gasteiger partial charge in [-0.1, -0.05) is 56.3 Å². The summed E-state index contributed by atoms with van der Waals surface area (Å²) in [5.41, 5.74) is 14.8. The second kappa shape index (κ2) is 8.79. The van der Waals surface area contributed by atoms with E-state index in [0.29, 0.717) is 27.4 Å². The van der Waals surface area contributed by atoms with Crippen LogP contribution in [0.5, 0.6) is 0 Å². The molecule has 5 N–H and O–H groups in total. The fourth-order valence-corrected chi connectivity index (χ4v) is 5.16. The van der Waals surface area contributed by atoms with Gasteiger partial charge in [0.15, 0.2) is 0 Å². The third-order valence-electron chi connectivity index (χ3n) is 5.96. The monoisotopic (exact) mass is 497 g/mol. The molecule has 0 spiro atoms. The molecule has 3 heterocycles. The van der Waals surface area contributed by atoms with Crippen molar-refractivity contribution in [3.63, 3.8) is 0 Å². The number of nitrogens with two attached hydrogens (primary N) is 2. The van der Waals surface area contributed by atoms with Gasteiger partial charge in [0.05, 0.1) is 5.69 Å². The first-order valence-corrected chi connectivity index (χ1v) is 11.9. The van der Waals surface area contributed by atoms with Gasteiger partial charge >= 0.3 is 11.3 Å². The Bertz CT molecular complexity index is 1720. The lowest BCUT2D eigenvalue weighted by molar-refractivity contribution is -0.672. The number of rotatable bonds is 5. The van der Waals surface area contributed by atoms with Gasteiger partial charge in [-0.15, -0.1) is 11.3 Å². The summed E-state index contributed by atoms with van der Waals surface area (Å²) >= 11 is 1.01. The van der Waals surface area contributed by atoms with Crippen LogP contribution in [0.3, 0.4) is 0 Å². The molecule has 2 aromatic carbocycles. The van der Waals surface area contributed by atoms with Gasteiger partial charge in [0.2, 0.25) is 5.69 Å². The minimum Gasteiger partial charge on any atom is -0.397 e. The molecule has 10 heteroatoms. The van der Waals surface area contributed by atoms with Gasteiger partial charge in [-0.05, 0) is 27.0 Å². The van der Waals surface area contributed by atoms with E-state index >= 15 is 0 Å². The average molecular weight is 498 g/mol. The SMILES string of the molecule is CC(C)c1ccc(-c2c(C#N)c(N)nc3sc(C(=O)c4c(=O)o[nH][n+]4-c4ccccc4)c(N)c23)cc1. The zero-order valence-corrected chi connectivity index (χ0v) is 20.2. The third-order valence-corrected chi connectivity index (χ3v) is 7.06. The minimum atomic E-state index is -0.838. The number of thiophene rings is 1. The Morgan fingerprint density at radius 1 is 1.14 bits per heavy atom. The van der Waals surface area contributed by atoms with Crippen LogP contribution in [0, 0.1) is 11.3 Å². The van der Waals surface area contributed by atoms with E-state index in [0.717, 1.165) is 22.5 Å². The summed E-state index contributed by atoms with van der Waals surface area (Å²) in [6.45, 7) is 4.18. The first-order chi connectivity index (χ1) is 17.3. The Kier molecular flexibility index (Phi) is 5.62. The highest BCUT2D eigenvalue weighted by atomic mass is 32.1. The predicted octanol–water partition coefficient (Wildman–Crippen LogP) is 3.91. The van der Waals surface area contributed by atoms with Crippen LogP contribution in [0.2, 0.25) is 0 Å². The molecular weight excluding hydrogens is 476 g/mol. The maximum absolute atomic E-state index is 13.6. The van der Waals surface area contributed by atoms with Gasteiger partial charge in [0, 0.05) is 23.1 Å². The molecule has 0 amide bonds. The van der Waals surface area contributed by atoms with Crippen LogP contribution >= 0.6 is 11.3 Å². The molecule has 0 fully saturated rings. The number of hydrogen-bond acceptors (Lipinski definition) is 8.